The van der Waals surface area contributed by atoms with Crippen molar-refractivity contribution in [1.82, 2.24) is 4.98 Å². The van der Waals surface area contributed by atoms with Gasteiger partial charge < -0.3 is 9.84 Å². The van der Waals surface area contributed by atoms with E-state index in [1.54, 1.807) is 12.4 Å². The SMILES string of the molecule is OCc1c(OCc2ccncc2Cl)ccc2ccccc12. The van der Waals surface area contributed by atoms with Crippen LogP contribution in [0.25, 0.3) is 10.8 Å². The summed E-state index contributed by atoms with van der Waals surface area (Å²) >= 11 is 6.07. The molecule has 0 aliphatic carbocycles. The van der Waals surface area contributed by atoms with Crippen LogP contribution in [0.15, 0.2) is 54.9 Å². The Morgan fingerprint density at radius 3 is 2.76 bits per heavy atom. The fourth-order valence-electron chi connectivity index (χ4n) is 2.29. The van der Waals surface area contributed by atoms with Gasteiger partial charge in [0.05, 0.1) is 11.6 Å². The summed E-state index contributed by atoms with van der Waals surface area (Å²) in [6.07, 6.45) is 3.27. The molecule has 0 unspecified atom stereocenters. The average molecular weight is 300 g/mol. The first-order valence-electron chi connectivity index (χ1n) is 6.62. The van der Waals surface area contributed by atoms with Crippen LogP contribution in [-0.4, -0.2) is 10.1 Å². The third-order valence-electron chi connectivity index (χ3n) is 3.40. The Morgan fingerprint density at radius 1 is 1.10 bits per heavy atom. The van der Waals surface area contributed by atoms with Gasteiger partial charge in [0.1, 0.15) is 12.4 Å². The van der Waals surface area contributed by atoms with Crippen molar-refractivity contribution in [3.63, 3.8) is 0 Å². The van der Waals surface area contributed by atoms with E-state index < -0.39 is 0 Å². The van der Waals surface area contributed by atoms with Crippen LogP contribution in [0.1, 0.15) is 11.1 Å². The molecule has 0 aliphatic rings. The first kappa shape index (κ1) is 13.9. The number of hydrogen-bond donors (Lipinski definition) is 1. The normalized spacial score (nSPS) is 10.8. The number of halogens is 1. The van der Waals surface area contributed by atoms with E-state index in [1.165, 1.54) is 0 Å². The summed E-state index contributed by atoms with van der Waals surface area (Å²) in [6.45, 7) is 0.271. The van der Waals surface area contributed by atoms with Crippen molar-refractivity contribution in [1.29, 1.82) is 0 Å². The summed E-state index contributed by atoms with van der Waals surface area (Å²) in [6, 6.07) is 13.6. The van der Waals surface area contributed by atoms with Crippen LogP contribution >= 0.6 is 11.6 Å². The van der Waals surface area contributed by atoms with Crippen molar-refractivity contribution in [2.75, 3.05) is 0 Å². The van der Waals surface area contributed by atoms with Gasteiger partial charge in [0.2, 0.25) is 0 Å². The second kappa shape index (κ2) is 6.12. The molecule has 3 rings (SSSR count). The molecule has 0 radical (unpaired) electrons. The molecular weight excluding hydrogens is 286 g/mol. The Labute approximate surface area is 127 Å². The highest BCUT2D eigenvalue weighted by molar-refractivity contribution is 6.31. The molecule has 4 heteroatoms. The second-order valence-electron chi connectivity index (χ2n) is 4.68. The Bertz CT molecular complexity index is 774. The maximum Gasteiger partial charge on any atom is 0.125 e. The van der Waals surface area contributed by atoms with E-state index in [0.29, 0.717) is 17.4 Å². The van der Waals surface area contributed by atoms with Crippen LogP contribution < -0.4 is 4.74 Å². The van der Waals surface area contributed by atoms with Crippen LogP contribution in [0.5, 0.6) is 5.75 Å². The monoisotopic (exact) mass is 299 g/mol. The molecule has 0 saturated heterocycles. The topological polar surface area (TPSA) is 42.4 Å². The molecule has 0 spiro atoms. The highest BCUT2D eigenvalue weighted by Crippen LogP contribution is 2.29. The zero-order valence-corrected chi connectivity index (χ0v) is 12.0. The van der Waals surface area contributed by atoms with Gasteiger partial charge in [0, 0.05) is 23.5 Å². The molecule has 0 bridgehead atoms. The van der Waals surface area contributed by atoms with Crippen molar-refractivity contribution >= 4 is 22.4 Å². The summed E-state index contributed by atoms with van der Waals surface area (Å²) in [5.41, 5.74) is 1.65. The first-order chi connectivity index (χ1) is 10.3. The summed E-state index contributed by atoms with van der Waals surface area (Å²) < 4.78 is 5.83. The predicted octanol–water partition coefficient (Wildman–Crippen LogP) is 3.96. The lowest BCUT2D eigenvalue weighted by Crippen LogP contribution is -2.00. The smallest absolute Gasteiger partial charge is 0.125 e. The minimum atomic E-state index is -0.0687. The summed E-state index contributed by atoms with van der Waals surface area (Å²) in [4.78, 5) is 3.95. The Hall–Kier alpha value is -2.10. The molecule has 3 nitrogen and oxygen atoms in total. The predicted molar refractivity (Wildman–Crippen MR) is 83.4 cm³/mol. The zero-order chi connectivity index (χ0) is 14.7. The van der Waals surface area contributed by atoms with Gasteiger partial charge in [-0.05, 0) is 22.9 Å². The van der Waals surface area contributed by atoms with E-state index in [2.05, 4.69) is 4.98 Å². The van der Waals surface area contributed by atoms with E-state index in [1.807, 2.05) is 42.5 Å². The highest BCUT2D eigenvalue weighted by atomic mass is 35.5. The van der Waals surface area contributed by atoms with Crippen LogP contribution in [0.4, 0.5) is 0 Å². The maximum absolute atomic E-state index is 9.65. The largest absolute Gasteiger partial charge is 0.488 e. The molecule has 1 aromatic heterocycles. The van der Waals surface area contributed by atoms with Gasteiger partial charge >= 0.3 is 0 Å². The van der Waals surface area contributed by atoms with Crippen LogP contribution in [0.2, 0.25) is 5.02 Å². The number of aliphatic hydroxyl groups is 1. The molecule has 1 heterocycles. The maximum atomic E-state index is 9.65. The van der Waals surface area contributed by atoms with Gasteiger partial charge in [-0.1, -0.05) is 41.9 Å². The summed E-state index contributed by atoms with van der Waals surface area (Å²) in [7, 11) is 0. The minimum absolute atomic E-state index is 0.0687. The number of rotatable bonds is 4. The number of ether oxygens (including phenoxy) is 1. The standard InChI is InChI=1S/C17H14ClNO2/c18-16-9-19-8-7-13(16)11-21-17-6-5-12-3-1-2-4-14(12)15(17)10-20/h1-9,20H,10-11H2. The molecule has 0 fully saturated rings. The quantitative estimate of drug-likeness (QED) is 0.793. The van der Waals surface area contributed by atoms with Crippen LogP contribution in [-0.2, 0) is 13.2 Å². The van der Waals surface area contributed by atoms with Gasteiger partial charge in [-0.3, -0.25) is 4.98 Å². The molecule has 3 aromatic rings. The number of fused-ring (bicyclic) bond motifs is 1. The number of pyridine rings is 1. The zero-order valence-electron chi connectivity index (χ0n) is 11.3. The van der Waals surface area contributed by atoms with Gasteiger partial charge in [0.15, 0.2) is 0 Å². The number of nitrogens with zero attached hydrogens (tertiary/aromatic N) is 1. The second-order valence-corrected chi connectivity index (χ2v) is 5.08. The van der Waals surface area contributed by atoms with Gasteiger partial charge in [-0.15, -0.1) is 0 Å². The molecule has 0 amide bonds. The third kappa shape index (κ3) is 2.84. The lowest BCUT2D eigenvalue weighted by atomic mass is 10.0. The van der Waals surface area contributed by atoms with Crippen LogP contribution in [0.3, 0.4) is 0 Å². The van der Waals surface area contributed by atoms with Gasteiger partial charge in [0.25, 0.3) is 0 Å². The molecule has 2 aromatic carbocycles. The van der Waals surface area contributed by atoms with Crippen molar-refractivity contribution < 1.29 is 9.84 Å². The number of benzene rings is 2. The third-order valence-corrected chi connectivity index (χ3v) is 3.74. The molecule has 0 aliphatic heterocycles. The minimum Gasteiger partial charge on any atom is -0.488 e. The van der Waals surface area contributed by atoms with Crippen molar-refractivity contribution in [2.45, 2.75) is 13.2 Å². The average Bonchev–Trinajstić information content (AvgIpc) is 2.53. The molecule has 1 N–H and O–H groups in total. The molecular formula is C17H14ClNO2. The lowest BCUT2D eigenvalue weighted by Gasteiger charge is -2.13. The van der Waals surface area contributed by atoms with Gasteiger partial charge in [-0.25, -0.2) is 0 Å². The number of aromatic nitrogens is 1. The van der Waals surface area contributed by atoms with Crippen molar-refractivity contribution in [2.24, 2.45) is 0 Å². The molecule has 0 atom stereocenters. The molecule has 106 valence electrons. The van der Waals surface area contributed by atoms with Crippen molar-refractivity contribution in [3.05, 3.63) is 71.0 Å². The molecule has 21 heavy (non-hydrogen) atoms. The fraction of sp³-hybridized carbons (Fsp3) is 0.118. The van der Waals surface area contributed by atoms with E-state index >= 15 is 0 Å². The van der Waals surface area contributed by atoms with E-state index in [9.17, 15) is 5.11 Å². The Kier molecular flexibility index (Phi) is 4.04. The Balaban J connectivity index is 1.92. The van der Waals surface area contributed by atoms with E-state index in [-0.39, 0.29) is 6.61 Å². The van der Waals surface area contributed by atoms with Gasteiger partial charge in [-0.2, -0.15) is 0 Å². The van der Waals surface area contributed by atoms with Crippen LogP contribution in [0, 0.1) is 0 Å². The number of hydrogen-bond acceptors (Lipinski definition) is 3. The van der Waals surface area contributed by atoms with E-state index in [4.69, 9.17) is 16.3 Å². The highest BCUT2D eigenvalue weighted by Gasteiger charge is 2.09. The Morgan fingerprint density at radius 2 is 1.95 bits per heavy atom. The summed E-state index contributed by atoms with van der Waals surface area (Å²) in [5, 5.41) is 12.3. The first-order valence-corrected chi connectivity index (χ1v) is 7.00. The fourth-order valence-corrected chi connectivity index (χ4v) is 2.46. The number of aliphatic hydroxyl groups excluding tert-OH is 1. The molecule has 0 saturated carbocycles. The summed E-state index contributed by atoms with van der Waals surface area (Å²) in [5.74, 6) is 0.670. The van der Waals surface area contributed by atoms with Crippen molar-refractivity contribution in [3.8, 4) is 5.75 Å². The lowest BCUT2D eigenvalue weighted by molar-refractivity contribution is 0.261. The van der Waals surface area contributed by atoms with E-state index in [0.717, 1.165) is 21.9 Å².